The highest BCUT2D eigenvalue weighted by molar-refractivity contribution is 9.07. The molecule has 0 aliphatic rings. The topological polar surface area (TPSA) is 44.8 Å². The molecule has 0 unspecified atom stereocenters. The first-order chi connectivity index (χ1) is 7.52. The van der Waals surface area contributed by atoms with E-state index in [1.807, 2.05) is 32.0 Å². The summed E-state index contributed by atoms with van der Waals surface area (Å²) >= 11 is 5.24. The molecule has 1 aromatic carbocycles. The van der Waals surface area contributed by atoms with Crippen molar-refractivity contribution in [3.05, 3.63) is 29.3 Å². The van der Waals surface area contributed by atoms with Gasteiger partial charge in [0.2, 0.25) is 9.76 Å². The zero-order valence-corrected chi connectivity index (χ0v) is 14.3. The molecule has 0 bridgehead atoms. The zero-order valence-electron chi connectivity index (χ0n) is 8.78. The van der Waals surface area contributed by atoms with Crippen LogP contribution in [0.2, 0.25) is 0 Å². The van der Waals surface area contributed by atoms with E-state index >= 15 is 0 Å². The van der Waals surface area contributed by atoms with E-state index in [0.717, 1.165) is 10.8 Å². The van der Waals surface area contributed by atoms with Crippen LogP contribution in [0.1, 0.15) is 11.1 Å². The minimum Gasteiger partial charge on any atom is -0.331 e. The number of hydrogen-bond acceptors (Lipinski definition) is 4. The van der Waals surface area contributed by atoms with Crippen LogP contribution in [0.4, 0.5) is 0 Å². The van der Waals surface area contributed by atoms with Crippen LogP contribution < -0.4 is 5.19 Å². The van der Waals surface area contributed by atoms with Gasteiger partial charge in [0.05, 0.1) is 0 Å². The lowest BCUT2D eigenvalue weighted by Crippen LogP contribution is -2.20. The molecule has 90 valence electrons. The Hall–Kier alpha value is 0.507. The minimum atomic E-state index is -3.49. The molecule has 8 heteroatoms. The highest BCUT2D eigenvalue weighted by atomic mass is 79.9. The average molecular weight is 390 g/mol. The van der Waals surface area contributed by atoms with Crippen molar-refractivity contribution in [3.8, 4) is 0 Å². The first-order valence-electron chi connectivity index (χ1n) is 4.43. The molecule has 0 N–H and O–H groups in total. The van der Waals surface area contributed by atoms with Crippen molar-refractivity contribution in [2.75, 3.05) is 0 Å². The monoisotopic (exact) mass is 388 g/mol. The Labute approximate surface area is 114 Å². The number of rotatable bonds is 5. The van der Waals surface area contributed by atoms with Gasteiger partial charge in [-0.25, -0.2) is 11.8 Å². The lowest BCUT2D eigenvalue weighted by molar-refractivity contribution is 0.352. The van der Waals surface area contributed by atoms with Crippen LogP contribution in [-0.4, -0.2) is 9.76 Å². The van der Waals surface area contributed by atoms with Gasteiger partial charge in [-0.1, -0.05) is 18.2 Å². The molecule has 0 heterocycles. The minimum absolute atomic E-state index is 1.08. The van der Waals surface area contributed by atoms with E-state index in [0.29, 0.717) is 0 Å². The van der Waals surface area contributed by atoms with Crippen molar-refractivity contribution in [2.45, 2.75) is 13.8 Å². The summed E-state index contributed by atoms with van der Waals surface area (Å²) < 4.78 is 25.8. The van der Waals surface area contributed by atoms with Gasteiger partial charge < -0.3 is 4.21 Å². The number of aryl methyl sites for hydroxylation is 1. The van der Waals surface area contributed by atoms with Crippen molar-refractivity contribution in [2.24, 2.45) is 0 Å². The summed E-state index contributed by atoms with van der Waals surface area (Å²) in [5, 5.41) is 1.08. The van der Waals surface area contributed by atoms with Gasteiger partial charge in [0.25, 0.3) is 0 Å². The quantitative estimate of drug-likeness (QED) is 0.573. The van der Waals surface area contributed by atoms with Gasteiger partial charge in [0.15, 0.2) is 0 Å². The van der Waals surface area contributed by atoms with Crippen LogP contribution in [0, 0.1) is 13.8 Å². The predicted molar refractivity (Wildman–Crippen MR) is 72.8 cm³/mol. The molecule has 0 aliphatic carbocycles. The highest BCUT2D eigenvalue weighted by Gasteiger charge is 2.25. The summed E-state index contributed by atoms with van der Waals surface area (Å²) in [5.41, 5.74) is 2.34. The molecule has 1 rings (SSSR count). The third kappa shape index (κ3) is 3.77. The maximum Gasteiger partial charge on any atom is 0.486 e. The van der Waals surface area contributed by atoms with Crippen molar-refractivity contribution in [1.82, 2.24) is 0 Å². The molecule has 4 nitrogen and oxygen atoms in total. The standard InChI is InChI=1S/C8H11Br2O4PSi/c1-6-4-3-5-8(7(6)2)16-14-15(11,12-9)13-10/h3-5H,16H2,1-2H3. The van der Waals surface area contributed by atoms with Crippen molar-refractivity contribution in [3.63, 3.8) is 0 Å². The fourth-order valence-corrected chi connectivity index (χ4v) is 5.76. The maximum atomic E-state index is 11.6. The number of halogens is 2. The van der Waals surface area contributed by atoms with Crippen LogP contribution in [0.25, 0.3) is 0 Å². The molecule has 1 aromatic rings. The van der Waals surface area contributed by atoms with Gasteiger partial charge in [-0.2, -0.15) is 0 Å². The van der Waals surface area contributed by atoms with Crippen LogP contribution >= 0.6 is 40.3 Å². The van der Waals surface area contributed by atoms with Gasteiger partial charge >= 0.3 is 7.82 Å². The van der Waals surface area contributed by atoms with Gasteiger partial charge in [-0.05, 0) is 30.2 Å². The first kappa shape index (κ1) is 14.6. The Morgan fingerprint density at radius 1 is 1.25 bits per heavy atom. The van der Waals surface area contributed by atoms with Crippen LogP contribution in [-0.2, 0) is 16.0 Å². The molecular formula is C8H11Br2O4PSi. The third-order valence-corrected chi connectivity index (χ3v) is 7.59. The van der Waals surface area contributed by atoms with Crippen molar-refractivity contribution in [1.29, 1.82) is 0 Å². The highest BCUT2D eigenvalue weighted by Crippen LogP contribution is 2.52. The fourth-order valence-electron chi connectivity index (χ4n) is 1.17. The third-order valence-electron chi connectivity index (χ3n) is 2.26. The number of hydrogen-bond donors (Lipinski definition) is 0. The second-order valence-corrected chi connectivity index (χ2v) is 8.21. The Morgan fingerprint density at radius 2 is 1.88 bits per heavy atom. The summed E-state index contributed by atoms with van der Waals surface area (Å²) in [4.78, 5) is 0. The fraction of sp³-hybridized carbons (Fsp3) is 0.250. The average Bonchev–Trinajstić information content (AvgIpc) is 2.31. The SMILES string of the molecule is Cc1cccc([SiH2]OP(=O)(OBr)OBr)c1C. The van der Waals surface area contributed by atoms with Crippen LogP contribution in [0.3, 0.4) is 0 Å². The molecule has 0 aliphatic heterocycles. The Kier molecular flexibility index (Phi) is 5.87. The predicted octanol–water partition coefficient (Wildman–Crippen LogP) is 2.79. The van der Waals surface area contributed by atoms with Crippen molar-refractivity contribution >= 4 is 55.3 Å². The lowest BCUT2D eigenvalue weighted by atomic mass is 10.1. The van der Waals surface area contributed by atoms with Crippen LogP contribution in [0.5, 0.6) is 0 Å². The summed E-state index contributed by atoms with van der Waals surface area (Å²) in [6.07, 6.45) is 0. The molecular weight excluding hydrogens is 379 g/mol. The van der Waals surface area contributed by atoms with Gasteiger partial charge in [0, 0.05) is 0 Å². The van der Waals surface area contributed by atoms with Crippen molar-refractivity contribution < 1.29 is 16.0 Å². The van der Waals surface area contributed by atoms with Gasteiger partial charge in [0.1, 0.15) is 32.5 Å². The summed E-state index contributed by atoms with van der Waals surface area (Å²) in [6, 6.07) is 5.93. The van der Waals surface area contributed by atoms with E-state index in [2.05, 4.69) is 39.7 Å². The first-order valence-corrected chi connectivity index (χ1v) is 8.47. The molecule has 0 radical (unpaired) electrons. The molecule has 0 amide bonds. The molecule has 0 saturated carbocycles. The Morgan fingerprint density at radius 3 is 2.44 bits per heavy atom. The summed E-state index contributed by atoms with van der Waals surface area (Å²) in [7, 11) is -4.65. The van der Waals surface area contributed by atoms with E-state index < -0.39 is 17.6 Å². The second-order valence-electron chi connectivity index (χ2n) is 3.22. The summed E-state index contributed by atoms with van der Waals surface area (Å²) in [6.45, 7) is 4.03. The van der Waals surface area contributed by atoms with Crippen LogP contribution in [0.15, 0.2) is 18.2 Å². The van der Waals surface area contributed by atoms with E-state index in [4.69, 9.17) is 4.21 Å². The smallest absolute Gasteiger partial charge is 0.331 e. The molecule has 0 atom stereocenters. The van der Waals surface area contributed by atoms with E-state index in [1.165, 1.54) is 5.56 Å². The van der Waals surface area contributed by atoms with Gasteiger partial charge in [-0.3, -0.25) is 0 Å². The van der Waals surface area contributed by atoms with E-state index in [-0.39, 0.29) is 0 Å². The second kappa shape index (κ2) is 6.44. The number of phosphoric acid groups is 1. The number of benzene rings is 1. The molecule has 16 heavy (non-hydrogen) atoms. The van der Waals surface area contributed by atoms with E-state index in [9.17, 15) is 4.57 Å². The van der Waals surface area contributed by atoms with E-state index in [1.54, 1.807) is 0 Å². The van der Waals surface area contributed by atoms with Gasteiger partial charge in [-0.15, -0.1) is 0 Å². The summed E-state index contributed by atoms with van der Waals surface area (Å²) in [5.74, 6) is 0. The lowest BCUT2D eigenvalue weighted by Gasteiger charge is -2.12. The Bertz CT molecular complexity index is 407. The molecule has 0 spiro atoms. The maximum absolute atomic E-state index is 11.6. The molecule has 0 saturated heterocycles. The molecule has 0 fully saturated rings. The largest absolute Gasteiger partial charge is 0.486 e. The zero-order chi connectivity index (χ0) is 12.2. The Balaban J connectivity index is 2.75. The molecule has 0 aromatic heterocycles. The normalized spacial score (nSPS) is 12.5.